The van der Waals surface area contributed by atoms with Gasteiger partial charge in [0, 0.05) is 13.0 Å². The number of hydroxylamine groups is 2. The predicted molar refractivity (Wildman–Crippen MR) is 123 cm³/mol. The van der Waals surface area contributed by atoms with E-state index in [1.54, 1.807) is 0 Å². The van der Waals surface area contributed by atoms with E-state index >= 15 is 0 Å². The summed E-state index contributed by atoms with van der Waals surface area (Å²) in [7, 11) is -0.582. The summed E-state index contributed by atoms with van der Waals surface area (Å²) in [5, 5.41) is 4.48. The van der Waals surface area contributed by atoms with E-state index in [1.807, 2.05) is 18.4 Å². The number of fused-ring (bicyclic) bond motifs is 1. The fraction of sp³-hybridized carbons (Fsp3) is 0.440. The third kappa shape index (κ3) is 3.64. The Morgan fingerprint density at radius 2 is 1.50 bits per heavy atom. The fourth-order valence-electron chi connectivity index (χ4n) is 4.86. The Balaban J connectivity index is 1.72. The van der Waals surface area contributed by atoms with Crippen molar-refractivity contribution in [3.8, 4) is 0 Å². The Bertz CT molecular complexity index is 825. The first kappa shape index (κ1) is 21.3. The maximum atomic E-state index is 7.12. The Hall–Kier alpha value is -1.92. The molecule has 1 saturated heterocycles. The Kier molecular flexibility index (Phi) is 5.90. The van der Waals surface area contributed by atoms with Crippen LogP contribution >= 0.6 is 0 Å². The van der Waals surface area contributed by atoms with E-state index in [9.17, 15) is 0 Å². The van der Waals surface area contributed by atoms with E-state index in [0.717, 1.165) is 0 Å². The maximum Gasteiger partial charge on any atom is 0.261 e. The topological polar surface area (TPSA) is 30.9 Å². The van der Waals surface area contributed by atoms with Crippen LogP contribution < -0.4 is 10.4 Å². The van der Waals surface area contributed by atoms with Crippen molar-refractivity contribution < 1.29 is 14.0 Å². The van der Waals surface area contributed by atoms with Crippen LogP contribution in [-0.4, -0.2) is 45.3 Å². The molecule has 2 aromatic rings. The molecule has 0 spiro atoms. The van der Waals surface area contributed by atoms with Gasteiger partial charge in [0.2, 0.25) is 0 Å². The molecular weight excluding hydrogens is 390 g/mol. The van der Waals surface area contributed by atoms with Crippen molar-refractivity contribution in [2.24, 2.45) is 5.92 Å². The summed E-state index contributed by atoms with van der Waals surface area (Å²) in [6.07, 6.45) is 3.91. The molecule has 0 radical (unpaired) electrons. The highest BCUT2D eigenvalue weighted by Gasteiger charge is 2.53. The van der Waals surface area contributed by atoms with Crippen LogP contribution in [0.4, 0.5) is 0 Å². The summed E-state index contributed by atoms with van der Waals surface area (Å²) < 4.78 is 13.1. The summed E-state index contributed by atoms with van der Waals surface area (Å²) in [6, 6.07) is 21.6. The van der Waals surface area contributed by atoms with Crippen LogP contribution in [0.1, 0.15) is 27.7 Å². The van der Waals surface area contributed by atoms with Crippen LogP contribution in [0.15, 0.2) is 73.0 Å². The molecule has 2 aliphatic rings. The average molecular weight is 424 g/mol. The van der Waals surface area contributed by atoms with Gasteiger partial charge in [0.15, 0.2) is 0 Å². The molecule has 4 atom stereocenters. The largest absolute Gasteiger partial charge is 0.494 e. The molecule has 160 valence electrons. The van der Waals surface area contributed by atoms with Crippen molar-refractivity contribution in [1.29, 1.82) is 0 Å². The van der Waals surface area contributed by atoms with Crippen molar-refractivity contribution in [2.45, 2.75) is 51.0 Å². The highest BCUT2D eigenvalue weighted by atomic mass is 28.4. The van der Waals surface area contributed by atoms with Crippen molar-refractivity contribution >= 4 is 18.7 Å². The summed E-state index contributed by atoms with van der Waals surface area (Å²) in [5.41, 5.74) is 0. The zero-order valence-corrected chi connectivity index (χ0v) is 19.6. The normalized spacial score (nSPS) is 27.0. The molecule has 1 fully saturated rings. The first-order valence-electron chi connectivity index (χ1n) is 10.8. The molecule has 2 aromatic carbocycles. The standard InChI is InChI=1S/C25H33NO3Si/c1-19-16-17-27-24-22(26(5)29-23(19)24)18-28-30(25(2,3)4,20-12-8-6-9-13-20)21-14-10-7-11-15-21/h6-17,19,22-24H,18H2,1-5H3/t19-,22-,23-,24-/m1/s1. The van der Waals surface area contributed by atoms with Gasteiger partial charge in [-0.05, 0) is 21.5 Å². The van der Waals surface area contributed by atoms with Crippen molar-refractivity contribution in [2.75, 3.05) is 13.7 Å². The molecular formula is C25H33NO3Si. The number of hydrogen-bond donors (Lipinski definition) is 0. The summed E-state index contributed by atoms with van der Waals surface area (Å²) >= 11 is 0. The number of nitrogens with zero attached hydrogens (tertiary/aromatic N) is 1. The van der Waals surface area contributed by atoms with Gasteiger partial charge in [-0.3, -0.25) is 4.84 Å². The smallest absolute Gasteiger partial charge is 0.261 e. The SMILES string of the molecule is C[C@@H]1C=CO[C@H]2[C@@H]1ON(C)[C@@H]2CO[Si](c1ccccc1)(c1ccccc1)C(C)(C)C. The minimum Gasteiger partial charge on any atom is -0.494 e. The van der Waals surface area contributed by atoms with Gasteiger partial charge in [-0.15, -0.1) is 0 Å². The molecule has 2 heterocycles. The zero-order valence-electron chi connectivity index (χ0n) is 18.6. The second kappa shape index (κ2) is 8.31. The van der Waals surface area contributed by atoms with Gasteiger partial charge in [0.05, 0.1) is 18.9 Å². The van der Waals surface area contributed by atoms with E-state index in [1.165, 1.54) is 10.4 Å². The third-order valence-electron chi connectivity index (χ3n) is 6.48. The van der Waals surface area contributed by atoms with Crippen molar-refractivity contribution in [3.05, 3.63) is 73.0 Å². The number of rotatable bonds is 5. The Morgan fingerprint density at radius 1 is 0.933 bits per heavy atom. The first-order valence-corrected chi connectivity index (χ1v) is 12.7. The minimum atomic E-state index is -2.58. The van der Waals surface area contributed by atoms with Crippen LogP contribution in [0.2, 0.25) is 5.04 Å². The molecule has 0 N–H and O–H groups in total. The lowest BCUT2D eigenvalue weighted by atomic mass is 9.95. The molecule has 0 aliphatic carbocycles. The Morgan fingerprint density at radius 3 is 2.03 bits per heavy atom. The highest BCUT2D eigenvalue weighted by molar-refractivity contribution is 6.99. The second-order valence-electron chi connectivity index (χ2n) is 9.45. The predicted octanol–water partition coefficient (Wildman–Crippen LogP) is 3.73. The molecule has 0 bridgehead atoms. The fourth-order valence-corrected chi connectivity index (χ4v) is 9.44. The van der Waals surface area contributed by atoms with Gasteiger partial charge in [-0.1, -0.05) is 88.4 Å². The number of ether oxygens (including phenoxy) is 1. The van der Waals surface area contributed by atoms with Crippen LogP contribution in [-0.2, 0) is 14.0 Å². The quantitative estimate of drug-likeness (QED) is 0.686. The number of hydrogen-bond acceptors (Lipinski definition) is 4. The van der Waals surface area contributed by atoms with Gasteiger partial charge >= 0.3 is 0 Å². The average Bonchev–Trinajstić information content (AvgIpc) is 3.06. The minimum absolute atomic E-state index is 0.0202. The Labute approximate surface area is 181 Å². The van der Waals surface area contributed by atoms with Gasteiger partial charge in [0.25, 0.3) is 8.32 Å². The molecule has 4 nitrogen and oxygen atoms in total. The van der Waals surface area contributed by atoms with Crippen molar-refractivity contribution in [3.63, 3.8) is 0 Å². The van der Waals surface area contributed by atoms with Gasteiger partial charge in [0.1, 0.15) is 12.2 Å². The molecule has 0 saturated carbocycles. The molecule has 5 heteroatoms. The summed E-state index contributed by atoms with van der Waals surface area (Å²) in [5.74, 6) is 0.323. The molecule has 0 unspecified atom stereocenters. The summed E-state index contributed by atoms with van der Waals surface area (Å²) in [6.45, 7) is 9.65. The highest BCUT2D eigenvalue weighted by Crippen LogP contribution is 2.38. The van der Waals surface area contributed by atoms with Crippen LogP contribution in [0.3, 0.4) is 0 Å². The maximum absolute atomic E-state index is 7.12. The van der Waals surface area contributed by atoms with Crippen molar-refractivity contribution in [1.82, 2.24) is 5.06 Å². The van der Waals surface area contributed by atoms with E-state index in [4.69, 9.17) is 14.0 Å². The molecule has 0 amide bonds. The van der Waals surface area contributed by atoms with E-state index < -0.39 is 8.32 Å². The van der Waals surface area contributed by atoms with Crippen LogP contribution in [0.5, 0.6) is 0 Å². The van der Waals surface area contributed by atoms with E-state index in [-0.39, 0.29) is 23.3 Å². The third-order valence-corrected chi connectivity index (χ3v) is 11.5. The van der Waals surface area contributed by atoms with E-state index in [2.05, 4.69) is 94.4 Å². The van der Waals surface area contributed by atoms with E-state index in [0.29, 0.717) is 12.5 Å². The summed E-state index contributed by atoms with van der Waals surface area (Å²) in [4.78, 5) is 6.14. The van der Waals surface area contributed by atoms with Gasteiger partial charge in [-0.25, -0.2) is 0 Å². The number of likely N-dealkylation sites (N-methyl/N-ethyl adjacent to an activating group) is 1. The molecule has 2 aliphatic heterocycles. The van der Waals surface area contributed by atoms with Crippen LogP contribution in [0.25, 0.3) is 0 Å². The first-order chi connectivity index (χ1) is 14.3. The lowest BCUT2D eigenvalue weighted by Gasteiger charge is -2.44. The monoisotopic (exact) mass is 423 g/mol. The molecule has 0 aromatic heterocycles. The number of benzene rings is 2. The van der Waals surface area contributed by atoms with Gasteiger partial charge < -0.3 is 9.16 Å². The second-order valence-corrected chi connectivity index (χ2v) is 13.8. The lowest BCUT2D eigenvalue weighted by Crippen LogP contribution is -2.67. The molecule has 4 rings (SSSR count). The van der Waals surface area contributed by atoms with Crippen LogP contribution in [0, 0.1) is 5.92 Å². The molecule has 30 heavy (non-hydrogen) atoms. The van der Waals surface area contributed by atoms with Gasteiger partial charge in [-0.2, -0.15) is 5.06 Å². The zero-order chi connectivity index (χ0) is 21.4. The lowest BCUT2D eigenvalue weighted by molar-refractivity contribution is -0.157.